The molecule has 5 heteroatoms. The molecule has 1 fully saturated rings. The van der Waals surface area contributed by atoms with Crippen molar-refractivity contribution in [3.8, 4) is 0 Å². The van der Waals surface area contributed by atoms with Gasteiger partial charge in [0.25, 0.3) is 0 Å². The van der Waals surface area contributed by atoms with E-state index < -0.39 is 29.6 Å². The number of primary amides is 1. The number of nitrogens with two attached hydrogens (primary N) is 1. The van der Waals surface area contributed by atoms with Gasteiger partial charge >= 0.3 is 0 Å². The summed E-state index contributed by atoms with van der Waals surface area (Å²) in [6.07, 6.45) is -1.54. The van der Waals surface area contributed by atoms with Crippen LogP contribution in [0.1, 0.15) is 27.2 Å². The molecule has 3 unspecified atom stereocenters. The number of Topliss-reactive ketones (excluding diaryl/α,β-unsaturated/α-hetero) is 1. The van der Waals surface area contributed by atoms with Crippen molar-refractivity contribution in [1.29, 1.82) is 0 Å². The Morgan fingerprint density at radius 1 is 1.67 bits per heavy atom. The molecule has 0 bridgehead atoms. The van der Waals surface area contributed by atoms with E-state index in [1.807, 2.05) is 0 Å². The Hall–Kier alpha value is -0.940. The van der Waals surface area contributed by atoms with E-state index in [0.717, 1.165) is 0 Å². The molecule has 1 saturated heterocycles. The molecule has 1 heterocycles. The first kappa shape index (κ1) is 12.1. The zero-order valence-electron chi connectivity index (χ0n) is 9.19. The highest BCUT2D eigenvalue weighted by molar-refractivity contribution is 5.88. The lowest BCUT2D eigenvalue weighted by molar-refractivity contribution is -0.203. The summed E-state index contributed by atoms with van der Waals surface area (Å²) in [6.45, 7) is 5.08. The molecule has 0 aromatic rings. The van der Waals surface area contributed by atoms with Crippen molar-refractivity contribution < 1.29 is 19.4 Å². The molecular weight excluding hydrogens is 198 g/mol. The van der Waals surface area contributed by atoms with Gasteiger partial charge in [-0.2, -0.15) is 0 Å². The van der Waals surface area contributed by atoms with Crippen LogP contribution in [0.2, 0.25) is 0 Å². The molecule has 86 valence electrons. The van der Waals surface area contributed by atoms with Crippen molar-refractivity contribution in [1.82, 2.24) is 0 Å². The Morgan fingerprint density at radius 3 is 2.60 bits per heavy atom. The Kier molecular flexibility index (Phi) is 3.16. The molecule has 3 N–H and O–H groups in total. The molecule has 0 aromatic heterocycles. The Labute approximate surface area is 88.6 Å². The van der Waals surface area contributed by atoms with Gasteiger partial charge in [-0.15, -0.1) is 0 Å². The van der Waals surface area contributed by atoms with Crippen LogP contribution in [0.5, 0.6) is 0 Å². The summed E-state index contributed by atoms with van der Waals surface area (Å²) in [7, 11) is 0. The van der Waals surface area contributed by atoms with Crippen molar-refractivity contribution >= 4 is 11.7 Å². The van der Waals surface area contributed by atoms with Crippen LogP contribution in [0.15, 0.2) is 0 Å². The van der Waals surface area contributed by atoms with Crippen LogP contribution in [0, 0.1) is 11.3 Å². The predicted octanol–water partition coefficient (Wildman–Crippen LogP) is -0.190. The van der Waals surface area contributed by atoms with Gasteiger partial charge in [0.1, 0.15) is 0 Å². The standard InChI is InChI=1S/C10H17NO4/c1-5(8(11)13)6-4-10(2,3)7(12)9(14)15-6/h5-6,9,14H,4H2,1-3H3,(H2,11,13). The molecule has 1 aliphatic heterocycles. The minimum absolute atomic E-state index is 0.351. The van der Waals surface area contributed by atoms with Crippen LogP contribution in [0.4, 0.5) is 0 Å². The van der Waals surface area contributed by atoms with E-state index in [9.17, 15) is 14.7 Å². The van der Waals surface area contributed by atoms with Gasteiger partial charge in [-0.1, -0.05) is 20.8 Å². The second kappa shape index (κ2) is 3.90. The number of carbonyl (C=O) groups is 2. The monoisotopic (exact) mass is 215 g/mol. The number of ketones is 1. The second-order valence-electron chi connectivity index (χ2n) is 4.67. The third kappa shape index (κ3) is 2.35. The summed E-state index contributed by atoms with van der Waals surface area (Å²) >= 11 is 0. The molecule has 0 aliphatic carbocycles. The number of aliphatic hydroxyl groups is 1. The van der Waals surface area contributed by atoms with Crippen LogP contribution in [-0.2, 0) is 14.3 Å². The fourth-order valence-corrected chi connectivity index (χ4v) is 1.69. The summed E-state index contributed by atoms with van der Waals surface area (Å²) in [5.74, 6) is -1.35. The average Bonchev–Trinajstić information content (AvgIpc) is 2.11. The third-order valence-corrected chi connectivity index (χ3v) is 2.91. The fraction of sp³-hybridized carbons (Fsp3) is 0.800. The number of amides is 1. The number of hydrogen-bond donors (Lipinski definition) is 2. The summed E-state index contributed by atoms with van der Waals surface area (Å²) < 4.78 is 5.06. The molecule has 0 radical (unpaired) electrons. The SMILES string of the molecule is CC(C(N)=O)C1CC(C)(C)C(=O)C(O)O1. The average molecular weight is 215 g/mol. The highest BCUT2D eigenvalue weighted by Gasteiger charge is 2.44. The zero-order valence-corrected chi connectivity index (χ0v) is 9.19. The molecule has 1 aliphatic rings. The van der Waals surface area contributed by atoms with E-state index in [1.165, 1.54) is 0 Å². The first-order chi connectivity index (χ1) is 6.75. The number of rotatable bonds is 2. The van der Waals surface area contributed by atoms with E-state index >= 15 is 0 Å². The summed E-state index contributed by atoms with van der Waals surface area (Å²) in [5.41, 5.74) is 4.48. The predicted molar refractivity (Wildman–Crippen MR) is 52.6 cm³/mol. The van der Waals surface area contributed by atoms with Crippen LogP contribution in [0.3, 0.4) is 0 Å². The molecular formula is C10H17NO4. The number of hydrogen-bond acceptors (Lipinski definition) is 4. The highest BCUT2D eigenvalue weighted by Crippen LogP contribution is 2.34. The van der Waals surface area contributed by atoms with Gasteiger partial charge in [-0.05, 0) is 6.42 Å². The van der Waals surface area contributed by atoms with E-state index in [0.29, 0.717) is 6.42 Å². The summed E-state index contributed by atoms with van der Waals surface area (Å²) in [5, 5.41) is 9.39. The zero-order chi connectivity index (χ0) is 11.8. The molecule has 0 spiro atoms. The Balaban J connectivity index is 2.81. The van der Waals surface area contributed by atoms with Gasteiger partial charge in [0.05, 0.1) is 12.0 Å². The Bertz CT molecular complexity index is 287. The maximum atomic E-state index is 11.5. The quantitative estimate of drug-likeness (QED) is 0.668. The normalized spacial score (nSPS) is 32.4. The number of carbonyl (C=O) groups excluding carboxylic acids is 2. The molecule has 1 rings (SSSR count). The molecule has 3 atom stereocenters. The lowest BCUT2D eigenvalue weighted by Gasteiger charge is -2.38. The first-order valence-corrected chi connectivity index (χ1v) is 4.93. The van der Waals surface area contributed by atoms with Crippen LogP contribution in [-0.4, -0.2) is 29.2 Å². The van der Waals surface area contributed by atoms with Crippen molar-refractivity contribution in [2.24, 2.45) is 17.1 Å². The summed E-state index contributed by atoms with van der Waals surface area (Å²) in [4.78, 5) is 22.5. The topological polar surface area (TPSA) is 89.6 Å². The van der Waals surface area contributed by atoms with Gasteiger partial charge in [0, 0.05) is 5.41 Å². The van der Waals surface area contributed by atoms with Gasteiger partial charge in [-0.25, -0.2) is 0 Å². The first-order valence-electron chi connectivity index (χ1n) is 4.93. The third-order valence-electron chi connectivity index (χ3n) is 2.91. The lowest BCUT2D eigenvalue weighted by atomic mass is 9.77. The second-order valence-corrected chi connectivity index (χ2v) is 4.67. The maximum Gasteiger partial charge on any atom is 0.222 e. The number of aliphatic hydroxyl groups excluding tert-OH is 1. The fourth-order valence-electron chi connectivity index (χ4n) is 1.69. The van der Waals surface area contributed by atoms with Crippen LogP contribution < -0.4 is 5.73 Å². The van der Waals surface area contributed by atoms with Crippen LogP contribution >= 0.6 is 0 Å². The van der Waals surface area contributed by atoms with Gasteiger partial charge < -0.3 is 15.6 Å². The van der Waals surface area contributed by atoms with E-state index in [4.69, 9.17) is 10.5 Å². The molecule has 15 heavy (non-hydrogen) atoms. The molecule has 5 nitrogen and oxygen atoms in total. The van der Waals surface area contributed by atoms with E-state index in [-0.39, 0.29) is 5.78 Å². The minimum Gasteiger partial charge on any atom is -0.369 e. The molecule has 0 saturated carbocycles. The van der Waals surface area contributed by atoms with Crippen molar-refractivity contribution in [2.75, 3.05) is 0 Å². The van der Waals surface area contributed by atoms with Gasteiger partial charge in [-0.3, -0.25) is 9.59 Å². The van der Waals surface area contributed by atoms with E-state index in [2.05, 4.69) is 0 Å². The van der Waals surface area contributed by atoms with E-state index in [1.54, 1.807) is 20.8 Å². The van der Waals surface area contributed by atoms with Crippen molar-refractivity contribution in [3.05, 3.63) is 0 Å². The van der Waals surface area contributed by atoms with Crippen molar-refractivity contribution in [3.63, 3.8) is 0 Å². The smallest absolute Gasteiger partial charge is 0.222 e. The molecule has 1 amide bonds. The Morgan fingerprint density at radius 2 is 2.20 bits per heavy atom. The van der Waals surface area contributed by atoms with Crippen molar-refractivity contribution in [2.45, 2.75) is 39.6 Å². The largest absolute Gasteiger partial charge is 0.369 e. The minimum atomic E-state index is -1.44. The van der Waals surface area contributed by atoms with Gasteiger partial charge in [0.15, 0.2) is 5.78 Å². The molecule has 0 aromatic carbocycles. The maximum absolute atomic E-state index is 11.5. The van der Waals surface area contributed by atoms with Crippen LogP contribution in [0.25, 0.3) is 0 Å². The number of ether oxygens (including phenoxy) is 1. The van der Waals surface area contributed by atoms with Gasteiger partial charge in [0.2, 0.25) is 12.2 Å². The highest BCUT2D eigenvalue weighted by atomic mass is 16.6. The lowest BCUT2D eigenvalue weighted by Crippen LogP contribution is -2.50. The summed E-state index contributed by atoms with van der Waals surface area (Å²) in [6, 6.07) is 0.